The van der Waals surface area contributed by atoms with E-state index in [1.54, 1.807) is 0 Å². The molecule has 0 bridgehead atoms. The van der Waals surface area contributed by atoms with Crippen LogP contribution in [-0.4, -0.2) is 73.6 Å². The van der Waals surface area contributed by atoms with Gasteiger partial charge in [0.15, 0.2) is 6.61 Å². The number of piperazine rings is 1. The molecule has 1 unspecified atom stereocenters. The van der Waals surface area contributed by atoms with E-state index in [0.717, 1.165) is 44.0 Å². The van der Waals surface area contributed by atoms with Crippen LogP contribution in [0.2, 0.25) is 0 Å². The van der Waals surface area contributed by atoms with Crippen molar-refractivity contribution in [1.29, 1.82) is 0 Å². The molecule has 0 spiro atoms. The predicted molar refractivity (Wildman–Crippen MR) is 135 cm³/mol. The van der Waals surface area contributed by atoms with Gasteiger partial charge in [-0.2, -0.15) is 0 Å². The lowest BCUT2D eigenvalue weighted by molar-refractivity contribution is -0.124. The number of hydrogen-bond donors (Lipinski definition) is 1. The predicted octanol–water partition coefficient (Wildman–Crippen LogP) is 4.04. The van der Waals surface area contributed by atoms with Gasteiger partial charge in [-0.05, 0) is 48.2 Å². The molecule has 1 amide bonds. The molecule has 1 N–H and O–H groups in total. The molecule has 0 aliphatic carbocycles. The number of carbonyl (C=O) groups is 1. The second-order valence-electron chi connectivity index (χ2n) is 8.42. The minimum absolute atomic E-state index is 0.0261. The zero-order chi connectivity index (χ0) is 22.2. The van der Waals surface area contributed by atoms with Crippen LogP contribution in [0, 0.1) is 0 Å². The summed E-state index contributed by atoms with van der Waals surface area (Å²) >= 11 is 4.02. The molecular formula is C25H33N3O2S2. The van der Waals surface area contributed by atoms with Crippen LogP contribution in [0.25, 0.3) is 0 Å². The first-order valence-corrected chi connectivity index (χ1v) is 13.5. The van der Waals surface area contributed by atoms with Crippen molar-refractivity contribution in [3.63, 3.8) is 0 Å². The summed E-state index contributed by atoms with van der Waals surface area (Å²) in [6.07, 6.45) is 1.29. The van der Waals surface area contributed by atoms with Crippen LogP contribution in [-0.2, 0) is 4.79 Å². The molecule has 2 saturated heterocycles. The van der Waals surface area contributed by atoms with Gasteiger partial charge in [-0.15, -0.1) is 23.5 Å². The number of carbonyl (C=O) groups excluding carboxylic acids is 1. The van der Waals surface area contributed by atoms with Crippen molar-refractivity contribution in [3.05, 3.63) is 65.7 Å². The van der Waals surface area contributed by atoms with Crippen molar-refractivity contribution >= 4 is 29.4 Å². The number of amides is 1. The van der Waals surface area contributed by atoms with Gasteiger partial charge < -0.3 is 15.0 Å². The van der Waals surface area contributed by atoms with Gasteiger partial charge in [-0.3, -0.25) is 9.69 Å². The Morgan fingerprint density at radius 1 is 1.03 bits per heavy atom. The summed E-state index contributed by atoms with van der Waals surface area (Å²) in [5.74, 6) is 3.11. The summed E-state index contributed by atoms with van der Waals surface area (Å²) in [6, 6.07) is 18.4. The van der Waals surface area contributed by atoms with E-state index < -0.39 is 0 Å². The number of nitrogens with zero attached hydrogens (tertiary/aromatic N) is 2. The highest BCUT2D eigenvalue weighted by molar-refractivity contribution is 8.16. The molecule has 2 fully saturated rings. The molecule has 172 valence electrons. The van der Waals surface area contributed by atoms with Gasteiger partial charge >= 0.3 is 0 Å². The highest BCUT2D eigenvalue weighted by Gasteiger charge is 2.21. The molecule has 32 heavy (non-hydrogen) atoms. The number of benzene rings is 2. The monoisotopic (exact) mass is 471 g/mol. The van der Waals surface area contributed by atoms with E-state index in [1.165, 1.54) is 23.5 Å². The lowest BCUT2D eigenvalue weighted by Crippen LogP contribution is -2.48. The Labute approximate surface area is 200 Å². The molecule has 2 heterocycles. The van der Waals surface area contributed by atoms with Crippen LogP contribution in [0.3, 0.4) is 0 Å². The number of hydrogen-bond acceptors (Lipinski definition) is 6. The zero-order valence-corrected chi connectivity index (χ0v) is 20.4. The Morgan fingerprint density at radius 2 is 1.72 bits per heavy atom. The van der Waals surface area contributed by atoms with Crippen LogP contribution in [0.15, 0.2) is 54.6 Å². The average Bonchev–Trinajstić information content (AvgIpc) is 2.85. The summed E-state index contributed by atoms with van der Waals surface area (Å²) in [7, 11) is 2.16. The normalized spacial score (nSPS) is 19.4. The lowest BCUT2D eigenvalue weighted by atomic mass is 10.1. The van der Waals surface area contributed by atoms with E-state index in [9.17, 15) is 4.79 Å². The molecule has 2 aliphatic rings. The Kier molecular flexibility index (Phi) is 8.79. The van der Waals surface area contributed by atoms with Crippen LogP contribution < -0.4 is 10.1 Å². The van der Waals surface area contributed by atoms with Crippen molar-refractivity contribution in [2.45, 2.75) is 17.0 Å². The summed E-state index contributed by atoms with van der Waals surface area (Å²) in [5, 5.41) is 3.20. The Balaban J connectivity index is 1.30. The van der Waals surface area contributed by atoms with Gasteiger partial charge in [-0.1, -0.05) is 42.5 Å². The molecular weight excluding hydrogens is 438 g/mol. The summed E-state index contributed by atoms with van der Waals surface area (Å²) in [6.45, 7) is 5.01. The highest BCUT2D eigenvalue weighted by atomic mass is 32.2. The quantitative estimate of drug-likeness (QED) is 0.627. The van der Waals surface area contributed by atoms with E-state index in [1.807, 2.05) is 53.9 Å². The molecule has 2 aromatic carbocycles. The van der Waals surface area contributed by atoms with Gasteiger partial charge in [0.05, 0.1) is 10.6 Å². The largest absolute Gasteiger partial charge is 0.484 e. The Hall–Kier alpha value is -1.67. The first-order chi connectivity index (χ1) is 15.7. The third-order valence-corrected chi connectivity index (χ3v) is 8.94. The minimum atomic E-state index is -0.0875. The summed E-state index contributed by atoms with van der Waals surface area (Å²) in [4.78, 5) is 17.5. The third kappa shape index (κ3) is 6.91. The highest BCUT2D eigenvalue weighted by Crippen LogP contribution is 2.43. The maximum absolute atomic E-state index is 12.7. The van der Waals surface area contributed by atoms with Crippen molar-refractivity contribution in [3.8, 4) is 5.75 Å². The van der Waals surface area contributed by atoms with Crippen LogP contribution in [0.1, 0.15) is 28.2 Å². The number of thioether (sulfide) groups is 2. The minimum Gasteiger partial charge on any atom is -0.484 e. The second-order valence-corrected chi connectivity index (χ2v) is 11.1. The maximum atomic E-state index is 12.7. The third-order valence-electron chi connectivity index (χ3n) is 5.92. The van der Waals surface area contributed by atoms with Crippen molar-refractivity contribution in [1.82, 2.24) is 15.1 Å². The van der Waals surface area contributed by atoms with Gasteiger partial charge in [0, 0.05) is 32.7 Å². The molecule has 0 saturated carbocycles. The molecule has 1 atom stereocenters. The fourth-order valence-corrected chi connectivity index (χ4v) is 6.89. The number of ether oxygens (including phenoxy) is 1. The van der Waals surface area contributed by atoms with Gasteiger partial charge in [0.25, 0.3) is 5.91 Å². The van der Waals surface area contributed by atoms with Crippen LogP contribution >= 0.6 is 23.5 Å². The molecule has 7 heteroatoms. The fourth-order valence-electron chi connectivity index (χ4n) is 3.99. The van der Waals surface area contributed by atoms with E-state index in [2.05, 4.69) is 46.4 Å². The van der Waals surface area contributed by atoms with E-state index in [4.69, 9.17) is 4.74 Å². The number of nitrogens with one attached hydrogen (secondary N) is 1. The topological polar surface area (TPSA) is 44.8 Å². The molecule has 0 aromatic heterocycles. The smallest absolute Gasteiger partial charge is 0.258 e. The molecule has 5 nitrogen and oxygen atoms in total. The first-order valence-electron chi connectivity index (χ1n) is 11.4. The van der Waals surface area contributed by atoms with Crippen molar-refractivity contribution in [2.24, 2.45) is 0 Å². The van der Waals surface area contributed by atoms with Crippen molar-refractivity contribution in [2.75, 3.05) is 57.9 Å². The first kappa shape index (κ1) is 23.5. The average molecular weight is 472 g/mol. The summed E-state index contributed by atoms with van der Waals surface area (Å²) < 4.78 is 6.32. The SMILES string of the molecule is CN1CCN(CC(NC(=O)COc2ccc(C3SCCCS3)cc2)c2ccccc2)CC1. The second kappa shape index (κ2) is 12.0. The maximum Gasteiger partial charge on any atom is 0.258 e. The molecule has 4 rings (SSSR count). The Bertz CT molecular complexity index is 836. The van der Waals surface area contributed by atoms with Gasteiger partial charge in [0.2, 0.25) is 0 Å². The lowest BCUT2D eigenvalue weighted by Gasteiger charge is -2.35. The van der Waals surface area contributed by atoms with Gasteiger partial charge in [-0.25, -0.2) is 0 Å². The number of likely N-dealkylation sites (N-methyl/N-ethyl adjacent to an activating group) is 1. The summed E-state index contributed by atoms with van der Waals surface area (Å²) in [5.41, 5.74) is 2.46. The molecule has 0 radical (unpaired) electrons. The zero-order valence-electron chi connectivity index (χ0n) is 18.7. The van der Waals surface area contributed by atoms with Crippen molar-refractivity contribution < 1.29 is 9.53 Å². The molecule has 2 aliphatic heterocycles. The van der Waals surface area contributed by atoms with Gasteiger partial charge in [0.1, 0.15) is 5.75 Å². The Morgan fingerprint density at radius 3 is 2.41 bits per heavy atom. The van der Waals surface area contributed by atoms with E-state index in [0.29, 0.717) is 4.58 Å². The molecule has 2 aromatic rings. The van der Waals surface area contributed by atoms with E-state index in [-0.39, 0.29) is 18.6 Å². The standard InChI is InChI=1S/C25H33N3O2S2/c1-27-12-14-28(15-13-27)18-23(20-6-3-2-4-7-20)26-24(29)19-30-22-10-8-21(9-11-22)25-31-16-5-17-32-25/h2-4,6-11,23,25H,5,12-19H2,1H3,(H,26,29). The number of rotatable bonds is 8. The van der Waals surface area contributed by atoms with Crippen LogP contribution in [0.5, 0.6) is 5.75 Å². The fraction of sp³-hybridized carbons (Fsp3) is 0.480. The van der Waals surface area contributed by atoms with Crippen LogP contribution in [0.4, 0.5) is 0 Å². The van der Waals surface area contributed by atoms with E-state index >= 15 is 0 Å².